The smallest absolute Gasteiger partial charge is 0.234 e. The van der Waals surface area contributed by atoms with Crippen LogP contribution < -0.4 is 5.32 Å². The number of amides is 1. The maximum absolute atomic E-state index is 12.6. The summed E-state index contributed by atoms with van der Waals surface area (Å²) in [5.74, 6) is 0.118. The molecular formula is C20H26N2OS. The summed E-state index contributed by atoms with van der Waals surface area (Å²) in [6.07, 6.45) is 1.96. The largest absolute Gasteiger partial charge is 0.348 e. The van der Waals surface area contributed by atoms with Crippen LogP contribution in [0.5, 0.6) is 0 Å². The van der Waals surface area contributed by atoms with Crippen LogP contribution in [0.25, 0.3) is 0 Å². The zero-order valence-electron chi connectivity index (χ0n) is 14.7. The monoisotopic (exact) mass is 342 g/mol. The van der Waals surface area contributed by atoms with Crippen LogP contribution in [0, 0.1) is 6.92 Å². The van der Waals surface area contributed by atoms with Crippen LogP contribution in [-0.2, 0) is 11.2 Å². The fourth-order valence-electron chi connectivity index (χ4n) is 3.42. The molecule has 0 radical (unpaired) electrons. The molecule has 1 aromatic heterocycles. The maximum atomic E-state index is 12.6. The second-order valence-electron chi connectivity index (χ2n) is 6.63. The van der Waals surface area contributed by atoms with E-state index in [0.717, 1.165) is 19.4 Å². The van der Waals surface area contributed by atoms with Crippen LogP contribution in [0.15, 0.2) is 35.7 Å². The van der Waals surface area contributed by atoms with E-state index >= 15 is 0 Å². The summed E-state index contributed by atoms with van der Waals surface area (Å²) in [5.41, 5.74) is 3.82. The number of hydrogen-bond acceptors (Lipinski definition) is 3. The molecule has 128 valence electrons. The number of aryl methyl sites for hydroxylation is 1. The van der Waals surface area contributed by atoms with Crippen molar-refractivity contribution in [2.24, 2.45) is 0 Å². The highest BCUT2D eigenvalue weighted by Gasteiger charge is 2.26. The molecule has 2 atom stereocenters. The van der Waals surface area contributed by atoms with E-state index in [-0.39, 0.29) is 11.9 Å². The van der Waals surface area contributed by atoms with Crippen LogP contribution in [0.4, 0.5) is 0 Å². The Morgan fingerprint density at radius 3 is 2.79 bits per heavy atom. The molecule has 0 fully saturated rings. The first kappa shape index (κ1) is 17.2. The molecule has 24 heavy (non-hydrogen) atoms. The fourth-order valence-corrected chi connectivity index (χ4v) is 4.38. The van der Waals surface area contributed by atoms with Gasteiger partial charge < -0.3 is 5.32 Å². The highest BCUT2D eigenvalue weighted by Crippen LogP contribution is 2.32. The molecule has 0 unspecified atom stereocenters. The number of hydrogen-bond donors (Lipinski definition) is 1. The molecule has 3 rings (SSSR count). The van der Waals surface area contributed by atoms with Gasteiger partial charge in [0.05, 0.1) is 12.6 Å². The number of rotatable bonds is 5. The van der Waals surface area contributed by atoms with Crippen molar-refractivity contribution in [2.75, 3.05) is 13.1 Å². The summed E-state index contributed by atoms with van der Waals surface area (Å²) < 4.78 is 0. The molecule has 1 aliphatic heterocycles. The summed E-state index contributed by atoms with van der Waals surface area (Å²) in [4.78, 5) is 16.3. The lowest BCUT2D eigenvalue weighted by molar-refractivity contribution is -0.123. The van der Waals surface area contributed by atoms with Gasteiger partial charge >= 0.3 is 0 Å². The van der Waals surface area contributed by atoms with E-state index in [1.807, 2.05) is 11.3 Å². The predicted octanol–water partition coefficient (Wildman–Crippen LogP) is 4.24. The third-order valence-corrected chi connectivity index (χ3v) is 5.97. The Labute approximate surface area is 148 Å². The Kier molecular flexibility index (Phi) is 5.36. The predicted molar refractivity (Wildman–Crippen MR) is 100 cm³/mol. The van der Waals surface area contributed by atoms with Gasteiger partial charge in [0.1, 0.15) is 0 Å². The van der Waals surface area contributed by atoms with Gasteiger partial charge in [0.2, 0.25) is 5.91 Å². The maximum Gasteiger partial charge on any atom is 0.234 e. The number of nitrogens with zero attached hydrogens (tertiary/aromatic N) is 1. The first-order valence-corrected chi connectivity index (χ1v) is 9.62. The van der Waals surface area contributed by atoms with Gasteiger partial charge in [-0.05, 0) is 49.3 Å². The van der Waals surface area contributed by atoms with Crippen LogP contribution in [0.3, 0.4) is 0 Å². The second kappa shape index (κ2) is 7.49. The number of carbonyl (C=O) groups is 1. The molecule has 0 aliphatic carbocycles. The lowest BCUT2D eigenvalue weighted by Gasteiger charge is -2.33. The number of benzene rings is 1. The van der Waals surface area contributed by atoms with Crippen LogP contribution in [0.1, 0.15) is 53.9 Å². The van der Waals surface area contributed by atoms with Gasteiger partial charge in [-0.25, -0.2) is 0 Å². The molecule has 0 saturated carbocycles. The van der Waals surface area contributed by atoms with E-state index in [0.29, 0.717) is 12.6 Å². The van der Waals surface area contributed by atoms with Gasteiger partial charge in [0, 0.05) is 17.5 Å². The fraction of sp³-hybridized carbons (Fsp3) is 0.450. The minimum absolute atomic E-state index is 0.0925. The van der Waals surface area contributed by atoms with E-state index in [1.165, 1.54) is 21.6 Å². The molecule has 4 heteroatoms. The van der Waals surface area contributed by atoms with Gasteiger partial charge in [-0.2, -0.15) is 0 Å². The van der Waals surface area contributed by atoms with Crippen molar-refractivity contribution >= 4 is 17.2 Å². The van der Waals surface area contributed by atoms with Gasteiger partial charge in [0.25, 0.3) is 0 Å². The highest BCUT2D eigenvalue weighted by atomic mass is 32.1. The van der Waals surface area contributed by atoms with Crippen molar-refractivity contribution in [2.45, 2.75) is 45.7 Å². The third kappa shape index (κ3) is 3.70. The Balaban J connectivity index is 1.61. The van der Waals surface area contributed by atoms with Gasteiger partial charge in [-0.15, -0.1) is 11.3 Å². The summed E-state index contributed by atoms with van der Waals surface area (Å²) in [6.45, 7) is 7.84. The normalized spacial score (nSPS) is 18.9. The van der Waals surface area contributed by atoms with E-state index in [2.05, 4.69) is 66.7 Å². The molecule has 1 aliphatic rings. The first-order chi connectivity index (χ1) is 11.6. The lowest BCUT2D eigenvalue weighted by Crippen LogP contribution is -2.42. The quantitative estimate of drug-likeness (QED) is 0.881. The molecule has 0 saturated heterocycles. The van der Waals surface area contributed by atoms with Crippen molar-refractivity contribution in [1.29, 1.82) is 0 Å². The summed E-state index contributed by atoms with van der Waals surface area (Å²) in [6, 6.07) is 11.1. The molecule has 2 heterocycles. The van der Waals surface area contributed by atoms with Crippen molar-refractivity contribution < 1.29 is 4.79 Å². The van der Waals surface area contributed by atoms with Crippen molar-refractivity contribution in [3.05, 3.63) is 57.3 Å². The zero-order valence-corrected chi connectivity index (χ0v) is 15.5. The Hall–Kier alpha value is -1.65. The van der Waals surface area contributed by atoms with Crippen molar-refractivity contribution in [3.8, 4) is 0 Å². The first-order valence-electron chi connectivity index (χ1n) is 8.74. The Bertz CT molecular complexity index is 692. The minimum atomic E-state index is 0.0925. The van der Waals surface area contributed by atoms with Gasteiger partial charge in [-0.3, -0.25) is 9.69 Å². The molecule has 1 amide bonds. The second-order valence-corrected chi connectivity index (χ2v) is 7.64. The average Bonchev–Trinajstić information content (AvgIpc) is 3.06. The molecule has 3 nitrogen and oxygen atoms in total. The minimum Gasteiger partial charge on any atom is -0.348 e. The topological polar surface area (TPSA) is 32.3 Å². The van der Waals surface area contributed by atoms with E-state index in [9.17, 15) is 4.79 Å². The number of thiophene rings is 1. The lowest BCUT2D eigenvalue weighted by atomic mass is 10.0. The molecule has 0 bridgehead atoms. The third-order valence-electron chi connectivity index (χ3n) is 4.97. The van der Waals surface area contributed by atoms with E-state index < -0.39 is 0 Å². The summed E-state index contributed by atoms with van der Waals surface area (Å²) in [7, 11) is 0. The number of carbonyl (C=O) groups excluding carboxylic acids is 1. The molecular weight excluding hydrogens is 316 g/mol. The van der Waals surface area contributed by atoms with Crippen molar-refractivity contribution in [1.82, 2.24) is 10.2 Å². The Morgan fingerprint density at radius 2 is 2.08 bits per heavy atom. The van der Waals surface area contributed by atoms with Crippen LogP contribution in [0.2, 0.25) is 0 Å². The SMILES string of the molecule is CC[C@@H](NC(=O)CN1CCc2sccc2[C@H]1C)c1ccc(C)cc1. The average molecular weight is 343 g/mol. The number of fused-ring (bicyclic) bond motifs is 1. The zero-order chi connectivity index (χ0) is 17.1. The summed E-state index contributed by atoms with van der Waals surface area (Å²) >= 11 is 1.84. The number of nitrogens with one attached hydrogen (secondary N) is 1. The van der Waals surface area contributed by atoms with Gasteiger partial charge in [-0.1, -0.05) is 36.8 Å². The standard InChI is InChI=1S/C20H26N2OS/c1-4-18(16-7-5-14(2)6-8-16)21-20(23)13-22-11-9-19-17(15(22)3)10-12-24-19/h5-8,10,12,15,18H,4,9,11,13H2,1-3H3,(H,21,23)/t15-,18-/m1/s1. The van der Waals surface area contributed by atoms with Crippen LogP contribution in [-0.4, -0.2) is 23.9 Å². The van der Waals surface area contributed by atoms with Gasteiger partial charge in [0.15, 0.2) is 0 Å². The molecule has 2 aromatic rings. The molecule has 1 N–H and O–H groups in total. The highest BCUT2D eigenvalue weighted by molar-refractivity contribution is 7.10. The molecule has 0 spiro atoms. The van der Waals surface area contributed by atoms with E-state index in [1.54, 1.807) is 0 Å². The van der Waals surface area contributed by atoms with Crippen molar-refractivity contribution in [3.63, 3.8) is 0 Å². The summed E-state index contributed by atoms with van der Waals surface area (Å²) in [5, 5.41) is 5.37. The van der Waals surface area contributed by atoms with E-state index in [4.69, 9.17) is 0 Å². The molecule has 1 aromatic carbocycles. The van der Waals surface area contributed by atoms with Crippen LogP contribution >= 0.6 is 11.3 Å². The Morgan fingerprint density at radius 1 is 1.33 bits per heavy atom.